The zero-order valence-electron chi connectivity index (χ0n) is 9.34. The number of rotatable bonds is 3. The topological polar surface area (TPSA) is 40.5 Å². The predicted molar refractivity (Wildman–Crippen MR) is 55.0 cm³/mol. The maximum Gasteiger partial charge on any atom is 0.0428 e. The molecule has 0 radical (unpaired) electrons. The molecular weight excluding hydrogens is 200 g/mol. The summed E-state index contributed by atoms with van der Waals surface area (Å²) in [5.74, 6) is 0. The molecule has 0 amide bonds. The molecule has 0 unspecified atom stereocenters. The van der Waals surface area contributed by atoms with Gasteiger partial charge in [-0.15, -0.1) is 0 Å². The smallest absolute Gasteiger partial charge is 0.0428 e. The standard InChI is InChI=1S/C4H9.2C3H8O.Ti/c1-3-4-2;2*1-2-3-4;/h1,3-4H2,2H3;2*4H,2-3H2,1H3;/q-1;;;. The quantitative estimate of drug-likeness (QED) is 0.572. The van der Waals surface area contributed by atoms with Crippen molar-refractivity contribution >= 4 is 0 Å². The molecule has 0 aliphatic heterocycles. The minimum Gasteiger partial charge on any atom is -0.396 e. The Kier molecular flexibility index (Phi) is 70.1. The molecule has 0 aromatic heterocycles. The first-order valence-corrected chi connectivity index (χ1v) is 4.75. The molecule has 0 fully saturated rings. The summed E-state index contributed by atoms with van der Waals surface area (Å²) < 4.78 is 0. The Balaban J connectivity index is -0.0000000450. The molecule has 0 aliphatic rings. The van der Waals surface area contributed by atoms with Crippen molar-refractivity contribution in [1.29, 1.82) is 0 Å². The summed E-state index contributed by atoms with van der Waals surface area (Å²) in [6.07, 6.45) is 4.03. The Morgan fingerprint density at radius 1 is 0.846 bits per heavy atom. The first-order chi connectivity index (χ1) is 5.74. The molecule has 3 heteroatoms. The van der Waals surface area contributed by atoms with Gasteiger partial charge in [-0.1, -0.05) is 27.2 Å². The summed E-state index contributed by atoms with van der Waals surface area (Å²) in [5, 5.41) is 15.8. The molecule has 0 atom stereocenters. The zero-order valence-corrected chi connectivity index (χ0v) is 10.9. The van der Waals surface area contributed by atoms with Crippen LogP contribution in [0.1, 0.15) is 46.5 Å². The van der Waals surface area contributed by atoms with Gasteiger partial charge in [-0.05, 0) is 12.8 Å². The largest absolute Gasteiger partial charge is 0.396 e. The summed E-state index contributed by atoms with van der Waals surface area (Å²) >= 11 is 0. The van der Waals surface area contributed by atoms with E-state index in [-0.39, 0.29) is 21.7 Å². The van der Waals surface area contributed by atoms with E-state index in [9.17, 15) is 0 Å². The number of aliphatic hydroxyl groups is 2. The molecule has 0 saturated heterocycles. The van der Waals surface area contributed by atoms with Crippen molar-refractivity contribution in [2.24, 2.45) is 0 Å². The van der Waals surface area contributed by atoms with Crippen LogP contribution in [0.2, 0.25) is 0 Å². The van der Waals surface area contributed by atoms with Crippen molar-refractivity contribution < 1.29 is 31.9 Å². The van der Waals surface area contributed by atoms with Crippen LogP contribution < -0.4 is 0 Å². The molecule has 0 saturated carbocycles. The summed E-state index contributed by atoms with van der Waals surface area (Å²) in [6.45, 7) is 10.2. The third-order valence-corrected chi connectivity index (χ3v) is 0.801. The van der Waals surface area contributed by atoms with Gasteiger partial charge in [-0.2, -0.15) is 6.42 Å². The van der Waals surface area contributed by atoms with Gasteiger partial charge in [-0.25, -0.2) is 0 Å². The van der Waals surface area contributed by atoms with E-state index in [1.807, 2.05) is 13.8 Å². The predicted octanol–water partition coefficient (Wildman–Crippen LogP) is 2.40. The summed E-state index contributed by atoms with van der Waals surface area (Å²) in [4.78, 5) is 0. The monoisotopic (exact) mass is 225 g/mol. The van der Waals surface area contributed by atoms with E-state index in [1.54, 1.807) is 0 Å². The zero-order chi connectivity index (χ0) is 10.2. The second-order valence-electron chi connectivity index (χ2n) is 2.30. The Morgan fingerprint density at radius 2 is 1.00 bits per heavy atom. The molecular formula is C10H25O2Ti-. The van der Waals surface area contributed by atoms with E-state index >= 15 is 0 Å². The van der Waals surface area contributed by atoms with Gasteiger partial charge in [0.1, 0.15) is 0 Å². The van der Waals surface area contributed by atoms with Crippen LogP contribution in [-0.4, -0.2) is 23.4 Å². The van der Waals surface area contributed by atoms with Crippen LogP contribution >= 0.6 is 0 Å². The minimum absolute atomic E-state index is 0. The van der Waals surface area contributed by atoms with Crippen LogP contribution in [0.25, 0.3) is 0 Å². The van der Waals surface area contributed by atoms with E-state index < -0.39 is 0 Å². The van der Waals surface area contributed by atoms with Crippen molar-refractivity contribution in [3.63, 3.8) is 0 Å². The number of hydrogen-bond acceptors (Lipinski definition) is 2. The molecule has 13 heavy (non-hydrogen) atoms. The summed E-state index contributed by atoms with van der Waals surface area (Å²) in [6, 6.07) is 0. The SMILES string of the molecule is CCCO.CCCO.[CH2-]CCC.[Ti]. The molecule has 2 N–H and O–H groups in total. The van der Waals surface area contributed by atoms with Crippen LogP contribution in [0.3, 0.4) is 0 Å². The second kappa shape index (κ2) is 38.9. The average molecular weight is 225 g/mol. The van der Waals surface area contributed by atoms with E-state index in [1.165, 1.54) is 6.42 Å². The molecule has 0 aromatic rings. The summed E-state index contributed by atoms with van der Waals surface area (Å²) in [5.41, 5.74) is 0. The van der Waals surface area contributed by atoms with E-state index in [2.05, 4.69) is 13.8 Å². The maximum atomic E-state index is 7.88. The number of aliphatic hydroxyl groups excluding tert-OH is 2. The minimum atomic E-state index is 0. The average Bonchev–Trinajstić information content (AvgIpc) is 2.18. The Labute approximate surface area is 98.6 Å². The van der Waals surface area contributed by atoms with Crippen molar-refractivity contribution in [3.8, 4) is 0 Å². The summed E-state index contributed by atoms with van der Waals surface area (Å²) in [7, 11) is 0. The van der Waals surface area contributed by atoms with Crippen LogP contribution in [0, 0.1) is 6.92 Å². The van der Waals surface area contributed by atoms with Crippen LogP contribution in [0.5, 0.6) is 0 Å². The van der Waals surface area contributed by atoms with E-state index in [0.29, 0.717) is 13.2 Å². The molecule has 0 heterocycles. The first kappa shape index (κ1) is 23.4. The first-order valence-electron chi connectivity index (χ1n) is 4.75. The maximum absolute atomic E-state index is 7.88. The van der Waals surface area contributed by atoms with Gasteiger partial charge in [0.2, 0.25) is 0 Å². The van der Waals surface area contributed by atoms with Crippen molar-refractivity contribution in [2.75, 3.05) is 13.2 Å². The van der Waals surface area contributed by atoms with Gasteiger partial charge in [0.05, 0.1) is 0 Å². The fourth-order valence-corrected chi connectivity index (χ4v) is 0. The van der Waals surface area contributed by atoms with Crippen molar-refractivity contribution in [1.82, 2.24) is 0 Å². The number of unbranched alkanes of at least 4 members (excludes halogenated alkanes) is 1. The normalized spacial score (nSPS) is 6.92. The molecule has 82 valence electrons. The van der Waals surface area contributed by atoms with Gasteiger partial charge in [0.15, 0.2) is 0 Å². The van der Waals surface area contributed by atoms with Gasteiger partial charge in [0, 0.05) is 34.9 Å². The fourth-order valence-electron chi connectivity index (χ4n) is 0. The van der Waals surface area contributed by atoms with E-state index in [0.717, 1.165) is 19.3 Å². The van der Waals surface area contributed by atoms with Gasteiger partial charge < -0.3 is 17.1 Å². The Bertz CT molecular complexity index is 28.4. The van der Waals surface area contributed by atoms with E-state index in [4.69, 9.17) is 10.2 Å². The molecule has 2 nitrogen and oxygen atoms in total. The van der Waals surface area contributed by atoms with Gasteiger partial charge >= 0.3 is 0 Å². The molecule has 0 aromatic carbocycles. The fraction of sp³-hybridized carbons (Fsp3) is 0.900. The van der Waals surface area contributed by atoms with Crippen LogP contribution in [0.4, 0.5) is 0 Å². The molecule has 0 rings (SSSR count). The van der Waals surface area contributed by atoms with Crippen molar-refractivity contribution in [3.05, 3.63) is 6.92 Å². The third-order valence-electron chi connectivity index (χ3n) is 0.801. The van der Waals surface area contributed by atoms with Gasteiger partial charge in [-0.3, -0.25) is 0 Å². The molecule has 0 aliphatic carbocycles. The molecule has 0 spiro atoms. The third kappa shape index (κ3) is 108. The second-order valence-corrected chi connectivity index (χ2v) is 2.30. The van der Waals surface area contributed by atoms with Crippen LogP contribution in [-0.2, 0) is 21.7 Å². The Hall–Kier alpha value is 0.634. The molecule has 0 bridgehead atoms. The van der Waals surface area contributed by atoms with Crippen LogP contribution in [0.15, 0.2) is 0 Å². The number of hydrogen-bond donors (Lipinski definition) is 2. The Morgan fingerprint density at radius 3 is 1.00 bits per heavy atom. The van der Waals surface area contributed by atoms with Gasteiger partial charge in [0.25, 0.3) is 0 Å². The van der Waals surface area contributed by atoms with Crippen molar-refractivity contribution in [2.45, 2.75) is 46.5 Å².